The average molecular weight is 334 g/mol. The van der Waals surface area contributed by atoms with Crippen LogP contribution in [-0.2, 0) is 7.05 Å². The summed E-state index contributed by atoms with van der Waals surface area (Å²) in [4.78, 5) is 26.7. The van der Waals surface area contributed by atoms with Gasteiger partial charge in [0.1, 0.15) is 5.56 Å². The van der Waals surface area contributed by atoms with Crippen LogP contribution < -0.4 is 5.43 Å². The third-order valence-corrected chi connectivity index (χ3v) is 4.87. The van der Waals surface area contributed by atoms with Crippen molar-refractivity contribution in [3.05, 3.63) is 81.8 Å². The number of hydrogen-bond donors (Lipinski definition) is 0. The summed E-state index contributed by atoms with van der Waals surface area (Å²) < 4.78 is 1.79. The molecule has 25 heavy (non-hydrogen) atoms. The molecule has 1 amide bonds. The Labute approximate surface area is 147 Å². The van der Waals surface area contributed by atoms with E-state index in [1.54, 1.807) is 22.7 Å². The highest BCUT2D eigenvalue weighted by atomic mass is 16.2. The second kappa shape index (κ2) is 6.55. The second-order valence-electron chi connectivity index (χ2n) is 6.50. The molecule has 0 saturated carbocycles. The molecule has 3 rings (SSSR count). The van der Waals surface area contributed by atoms with Crippen LogP contribution in [0.1, 0.15) is 34.6 Å². The first-order chi connectivity index (χ1) is 11.9. The minimum absolute atomic E-state index is 0.136. The SMILES string of the molecule is Cc1cc(=O)c(C(=O)N(C)C(C)c2ccc3ccccc3c2)cn1C. The molecule has 0 aliphatic carbocycles. The van der Waals surface area contributed by atoms with Gasteiger partial charge >= 0.3 is 0 Å². The van der Waals surface area contributed by atoms with Gasteiger partial charge in [0, 0.05) is 32.1 Å². The van der Waals surface area contributed by atoms with Crippen molar-refractivity contribution >= 4 is 16.7 Å². The van der Waals surface area contributed by atoms with Crippen LogP contribution in [0.4, 0.5) is 0 Å². The van der Waals surface area contributed by atoms with E-state index in [2.05, 4.69) is 24.3 Å². The Balaban J connectivity index is 1.93. The van der Waals surface area contributed by atoms with E-state index in [1.165, 1.54) is 11.5 Å². The molecular weight excluding hydrogens is 312 g/mol. The second-order valence-corrected chi connectivity index (χ2v) is 6.50. The Hall–Kier alpha value is -2.88. The first-order valence-electron chi connectivity index (χ1n) is 8.31. The molecule has 0 aliphatic heterocycles. The summed E-state index contributed by atoms with van der Waals surface area (Å²) in [6.45, 7) is 3.82. The standard InChI is InChI=1S/C21H22N2O2/c1-14-11-20(24)19(13-22(14)3)21(25)23(4)15(2)17-10-9-16-7-5-6-8-18(16)12-17/h5-13,15H,1-4H3. The Kier molecular flexibility index (Phi) is 4.45. The zero-order valence-corrected chi connectivity index (χ0v) is 15.0. The van der Waals surface area contributed by atoms with E-state index in [0.717, 1.165) is 16.6 Å². The molecule has 0 fully saturated rings. The summed E-state index contributed by atoms with van der Waals surface area (Å²) in [6.07, 6.45) is 1.61. The van der Waals surface area contributed by atoms with Gasteiger partial charge in [0.25, 0.3) is 5.91 Å². The Bertz CT molecular complexity index is 1000. The van der Waals surface area contributed by atoms with Crippen LogP contribution >= 0.6 is 0 Å². The highest BCUT2D eigenvalue weighted by molar-refractivity contribution is 5.94. The van der Waals surface area contributed by atoms with Gasteiger partial charge in [-0.2, -0.15) is 0 Å². The van der Waals surface area contributed by atoms with Crippen molar-refractivity contribution in [1.82, 2.24) is 9.47 Å². The first-order valence-corrected chi connectivity index (χ1v) is 8.31. The predicted octanol–water partition coefficient (Wildman–Crippen LogP) is 3.68. The van der Waals surface area contributed by atoms with Gasteiger partial charge in [0.15, 0.2) is 5.43 Å². The quantitative estimate of drug-likeness (QED) is 0.733. The number of amides is 1. The summed E-state index contributed by atoms with van der Waals surface area (Å²) in [5.41, 5.74) is 1.83. The van der Waals surface area contributed by atoms with Crippen molar-refractivity contribution in [2.75, 3.05) is 7.05 Å². The molecule has 0 N–H and O–H groups in total. The first kappa shape index (κ1) is 17.0. The number of rotatable bonds is 3. The number of nitrogens with zero attached hydrogens (tertiary/aromatic N) is 2. The smallest absolute Gasteiger partial charge is 0.259 e. The zero-order valence-electron chi connectivity index (χ0n) is 15.0. The van der Waals surface area contributed by atoms with Crippen LogP contribution in [-0.4, -0.2) is 22.4 Å². The minimum Gasteiger partial charge on any atom is -0.354 e. The zero-order chi connectivity index (χ0) is 18.1. The van der Waals surface area contributed by atoms with Gasteiger partial charge in [-0.15, -0.1) is 0 Å². The molecule has 1 heterocycles. The summed E-state index contributed by atoms with van der Waals surface area (Å²) >= 11 is 0. The summed E-state index contributed by atoms with van der Waals surface area (Å²) in [7, 11) is 3.57. The molecule has 1 aromatic heterocycles. The van der Waals surface area contributed by atoms with Crippen molar-refractivity contribution in [3.8, 4) is 0 Å². The maximum Gasteiger partial charge on any atom is 0.259 e. The molecule has 4 nitrogen and oxygen atoms in total. The van der Waals surface area contributed by atoms with Crippen molar-refractivity contribution in [2.45, 2.75) is 19.9 Å². The highest BCUT2D eigenvalue weighted by Gasteiger charge is 2.21. The molecule has 0 spiro atoms. The van der Waals surface area contributed by atoms with Gasteiger partial charge in [-0.3, -0.25) is 9.59 Å². The predicted molar refractivity (Wildman–Crippen MR) is 101 cm³/mol. The van der Waals surface area contributed by atoms with E-state index in [4.69, 9.17) is 0 Å². The van der Waals surface area contributed by atoms with Crippen molar-refractivity contribution in [1.29, 1.82) is 0 Å². The normalized spacial score (nSPS) is 12.2. The van der Waals surface area contributed by atoms with E-state index < -0.39 is 0 Å². The van der Waals surface area contributed by atoms with Crippen LogP contribution in [0.5, 0.6) is 0 Å². The topological polar surface area (TPSA) is 42.3 Å². The van der Waals surface area contributed by atoms with Crippen LogP contribution in [0.3, 0.4) is 0 Å². The van der Waals surface area contributed by atoms with E-state index in [-0.39, 0.29) is 22.9 Å². The lowest BCUT2D eigenvalue weighted by molar-refractivity contribution is 0.0740. The fourth-order valence-corrected chi connectivity index (χ4v) is 2.95. The summed E-state index contributed by atoms with van der Waals surface area (Å²) in [6, 6.07) is 15.7. The Morgan fingerprint density at radius 3 is 2.48 bits per heavy atom. The fourth-order valence-electron chi connectivity index (χ4n) is 2.95. The largest absolute Gasteiger partial charge is 0.354 e. The average Bonchev–Trinajstić information content (AvgIpc) is 2.62. The number of fused-ring (bicyclic) bond motifs is 1. The van der Waals surface area contributed by atoms with Gasteiger partial charge in [-0.05, 0) is 36.2 Å². The maximum atomic E-state index is 12.8. The number of pyridine rings is 1. The Morgan fingerprint density at radius 1 is 1.08 bits per heavy atom. The lowest BCUT2D eigenvalue weighted by atomic mass is 10.0. The van der Waals surface area contributed by atoms with Gasteiger partial charge < -0.3 is 9.47 Å². The highest BCUT2D eigenvalue weighted by Crippen LogP contribution is 2.24. The van der Waals surface area contributed by atoms with Gasteiger partial charge in [0.2, 0.25) is 0 Å². The van der Waals surface area contributed by atoms with Gasteiger partial charge in [0.05, 0.1) is 6.04 Å². The van der Waals surface area contributed by atoms with Crippen molar-refractivity contribution < 1.29 is 4.79 Å². The summed E-state index contributed by atoms with van der Waals surface area (Å²) in [5.74, 6) is -0.263. The monoisotopic (exact) mass is 334 g/mol. The third kappa shape index (κ3) is 3.20. The van der Waals surface area contributed by atoms with Crippen LogP contribution in [0.15, 0.2) is 59.5 Å². The number of aryl methyl sites for hydroxylation is 2. The van der Waals surface area contributed by atoms with Crippen molar-refractivity contribution in [2.24, 2.45) is 7.05 Å². The molecule has 1 atom stereocenters. The summed E-state index contributed by atoms with van der Waals surface area (Å²) in [5, 5.41) is 2.30. The van der Waals surface area contributed by atoms with Crippen LogP contribution in [0.2, 0.25) is 0 Å². The van der Waals surface area contributed by atoms with E-state index >= 15 is 0 Å². The maximum absolute atomic E-state index is 12.8. The lowest BCUT2D eigenvalue weighted by Gasteiger charge is -2.26. The number of hydrogen-bond acceptors (Lipinski definition) is 2. The molecule has 128 valence electrons. The minimum atomic E-state index is -0.263. The van der Waals surface area contributed by atoms with Gasteiger partial charge in [-0.1, -0.05) is 36.4 Å². The van der Waals surface area contributed by atoms with E-state index in [0.29, 0.717) is 0 Å². The van der Waals surface area contributed by atoms with Crippen LogP contribution in [0.25, 0.3) is 10.8 Å². The molecule has 0 aliphatic rings. The number of aromatic nitrogens is 1. The molecule has 4 heteroatoms. The third-order valence-electron chi connectivity index (χ3n) is 4.87. The molecule has 0 saturated heterocycles. The molecule has 1 unspecified atom stereocenters. The van der Waals surface area contributed by atoms with Gasteiger partial charge in [-0.25, -0.2) is 0 Å². The molecule has 0 radical (unpaired) electrons. The molecular formula is C21H22N2O2. The lowest BCUT2D eigenvalue weighted by Crippen LogP contribution is -2.33. The number of benzene rings is 2. The number of carbonyl (C=O) groups excluding carboxylic acids is 1. The van der Waals surface area contributed by atoms with E-state index in [9.17, 15) is 9.59 Å². The fraction of sp³-hybridized carbons (Fsp3) is 0.238. The molecule has 3 aromatic rings. The molecule has 0 bridgehead atoms. The molecule has 2 aromatic carbocycles. The Morgan fingerprint density at radius 2 is 1.76 bits per heavy atom. The van der Waals surface area contributed by atoms with E-state index in [1.807, 2.05) is 39.1 Å². The van der Waals surface area contributed by atoms with Crippen molar-refractivity contribution in [3.63, 3.8) is 0 Å². The van der Waals surface area contributed by atoms with Crippen LogP contribution in [0, 0.1) is 6.92 Å². The number of carbonyl (C=O) groups is 1.